The molecule has 2 aromatic carbocycles. The lowest BCUT2D eigenvalue weighted by atomic mass is 10.1. The zero-order valence-corrected chi connectivity index (χ0v) is 17.1. The standard InChI is InChI=1S/C20H15Cl2N3O2S/c1-26-15-5-3-14(4-6-15)19-18(25-8-9-28-20(25)24-19)11-23-27-12-13-2-7-16(21)17(22)10-13/h2-11H,12H2,1H3. The van der Waals surface area contributed by atoms with Crippen molar-refractivity contribution in [2.45, 2.75) is 6.61 Å². The number of imidazole rings is 1. The monoisotopic (exact) mass is 431 g/mol. The number of methoxy groups -OCH3 is 1. The van der Waals surface area contributed by atoms with E-state index in [0.29, 0.717) is 10.0 Å². The SMILES string of the molecule is COc1ccc(-c2nc3sccn3c2C=NOCc2ccc(Cl)c(Cl)c2)cc1. The highest BCUT2D eigenvalue weighted by Crippen LogP contribution is 2.27. The van der Waals surface area contributed by atoms with Crippen LogP contribution < -0.4 is 4.74 Å². The van der Waals surface area contributed by atoms with E-state index in [0.717, 1.165) is 33.2 Å². The number of ether oxygens (including phenoxy) is 1. The van der Waals surface area contributed by atoms with Gasteiger partial charge in [0.25, 0.3) is 0 Å². The molecule has 0 unspecified atom stereocenters. The molecule has 0 fully saturated rings. The Kier molecular flexibility index (Phi) is 5.52. The summed E-state index contributed by atoms with van der Waals surface area (Å²) in [6, 6.07) is 13.1. The van der Waals surface area contributed by atoms with Gasteiger partial charge in [0.05, 0.1) is 34.8 Å². The van der Waals surface area contributed by atoms with Crippen molar-refractivity contribution in [3.05, 3.63) is 75.3 Å². The number of rotatable bonds is 6. The molecule has 0 aliphatic carbocycles. The summed E-state index contributed by atoms with van der Waals surface area (Å²) < 4.78 is 7.21. The molecular weight excluding hydrogens is 417 g/mol. The Bertz CT molecular complexity index is 1140. The average molecular weight is 432 g/mol. The summed E-state index contributed by atoms with van der Waals surface area (Å²) in [5.74, 6) is 0.796. The third-order valence-corrected chi connectivity index (χ3v) is 5.62. The molecule has 0 bridgehead atoms. The van der Waals surface area contributed by atoms with Gasteiger partial charge >= 0.3 is 0 Å². The molecule has 2 aromatic heterocycles. The van der Waals surface area contributed by atoms with Crippen LogP contribution in [0.2, 0.25) is 10.0 Å². The van der Waals surface area contributed by atoms with Crippen LogP contribution in [0.5, 0.6) is 5.75 Å². The third-order valence-electron chi connectivity index (χ3n) is 4.13. The van der Waals surface area contributed by atoms with Gasteiger partial charge in [-0.05, 0) is 42.0 Å². The maximum Gasteiger partial charge on any atom is 0.194 e. The predicted octanol–water partition coefficient (Wildman–Crippen LogP) is 5.93. The van der Waals surface area contributed by atoms with E-state index in [9.17, 15) is 0 Å². The van der Waals surface area contributed by atoms with E-state index in [1.807, 2.05) is 46.3 Å². The summed E-state index contributed by atoms with van der Waals surface area (Å²) in [4.78, 5) is 11.1. The highest BCUT2D eigenvalue weighted by molar-refractivity contribution is 7.15. The van der Waals surface area contributed by atoms with Gasteiger partial charge in [-0.2, -0.15) is 0 Å². The van der Waals surface area contributed by atoms with Crippen molar-refractivity contribution in [3.8, 4) is 17.0 Å². The third kappa shape index (κ3) is 3.85. The van der Waals surface area contributed by atoms with Gasteiger partial charge in [-0.15, -0.1) is 11.3 Å². The smallest absolute Gasteiger partial charge is 0.194 e. The molecule has 0 saturated heterocycles. The minimum atomic E-state index is 0.289. The molecule has 0 N–H and O–H groups in total. The van der Waals surface area contributed by atoms with E-state index in [4.69, 9.17) is 37.8 Å². The minimum Gasteiger partial charge on any atom is -0.497 e. The van der Waals surface area contributed by atoms with E-state index < -0.39 is 0 Å². The molecule has 0 spiro atoms. The summed E-state index contributed by atoms with van der Waals surface area (Å²) in [6.45, 7) is 0.289. The highest BCUT2D eigenvalue weighted by atomic mass is 35.5. The van der Waals surface area contributed by atoms with Crippen LogP contribution in [0.4, 0.5) is 0 Å². The van der Waals surface area contributed by atoms with Crippen molar-refractivity contribution < 1.29 is 9.57 Å². The molecule has 142 valence electrons. The molecule has 8 heteroatoms. The lowest BCUT2D eigenvalue weighted by Gasteiger charge is -2.03. The lowest BCUT2D eigenvalue weighted by molar-refractivity contribution is 0.132. The molecule has 4 aromatic rings. The Labute approximate surface area is 175 Å². The topological polar surface area (TPSA) is 48.1 Å². The highest BCUT2D eigenvalue weighted by Gasteiger charge is 2.13. The first kappa shape index (κ1) is 18.8. The van der Waals surface area contributed by atoms with Gasteiger partial charge in [0.15, 0.2) is 4.96 Å². The van der Waals surface area contributed by atoms with Gasteiger partial charge in [-0.1, -0.05) is 34.4 Å². The molecular formula is C20H15Cl2N3O2S. The number of benzene rings is 2. The Hall–Kier alpha value is -2.54. The van der Waals surface area contributed by atoms with E-state index in [1.165, 1.54) is 0 Å². The molecule has 0 amide bonds. The normalized spacial score (nSPS) is 11.4. The minimum absolute atomic E-state index is 0.289. The number of hydrogen-bond donors (Lipinski definition) is 0. The van der Waals surface area contributed by atoms with Crippen LogP contribution in [0.15, 0.2) is 59.2 Å². The average Bonchev–Trinajstić information content (AvgIpc) is 3.30. The first-order chi connectivity index (χ1) is 13.7. The van der Waals surface area contributed by atoms with Gasteiger partial charge in [0.2, 0.25) is 0 Å². The van der Waals surface area contributed by atoms with Crippen LogP contribution in [0.1, 0.15) is 11.3 Å². The Morgan fingerprint density at radius 2 is 1.96 bits per heavy atom. The number of oxime groups is 1. The van der Waals surface area contributed by atoms with E-state index in [-0.39, 0.29) is 6.61 Å². The second kappa shape index (κ2) is 8.22. The lowest BCUT2D eigenvalue weighted by Crippen LogP contribution is -1.94. The van der Waals surface area contributed by atoms with Crippen molar-refractivity contribution in [1.29, 1.82) is 0 Å². The molecule has 0 aliphatic rings. The number of fused-ring (bicyclic) bond motifs is 1. The summed E-state index contributed by atoms with van der Waals surface area (Å²) in [5.41, 5.74) is 3.53. The molecule has 2 heterocycles. The fraction of sp³-hybridized carbons (Fsp3) is 0.100. The maximum absolute atomic E-state index is 6.03. The van der Waals surface area contributed by atoms with Crippen LogP contribution in [0.25, 0.3) is 16.2 Å². The maximum atomic E-state index is 6.03. The number of aromatic nitrogens is 2. The Morgan fingerprint density at radius 1 is 1.14 bits per heavy atom. The fourth-order valence-corrected chi connectivity index (χ4v) is 3.76. The van der Waals surface area contributed by atoms with Crippen LogP contribution in [-0.4, -0.2) is 22.7 Å². The second-order valence-electron chi connectivity index (χ2n) is 5.89. The van der Waals surface area contributed by atoms with Gasteiger partial charge in [0, 0.05) is 17.1 Å². The van der Waals surface area contributed by atoms with Crippen molar-refractivity contribution in [2.75, 3.05) is 7.11 Å². The Morgan fingerprint density at radius 3 is 2.71 bits per heavy atom. The van der Waals surface area contributed by atoms with Gasteiger partial charge in [-0.25, -0.2) is 4.98 Å². The van der Waals surface area contributed by atoms with Crippen molar-refractivity contribution in [2.24, 2.45) is 5.16 Å². The number of hydrogen-bond acceptors (Lipinski definition) is 5. The Balaban J connectivity index is 1.57. The van der Waals surface area contributed by atoms with Crippen LogP contribution in [0.3, 0.4) is 0 Å². The van der Waals surface area contributed by atoms with Crippen LogP contribution >= 0.6 is 34.5 Å². The quantitative estimate of drug-likeness (QED) is 0.280. The molecule has 28 heavy (non-hydrogen) atoms. The zero-order valence-electron chi connectivity index (χ0n) is 14.8. The fourth-order valence-electron chi connectivity index (χ4n) is 2.72. The van der Waals surface area contributed by atoms with Crippen molar-refractivity contribution >= 4 is 45.7 Å². The second-order valence-corrected chi connectivity index (χ2v) is 7.57. The van der Waals surface area contributed by atoms with Crippen molar-refractivity contribution in [3.63, 3.8) is 0 Å². The molecule has 0 aliphatic heterocycles. The molecule has 0 saturated carbocycles. The summed E-state index contributed by atoms with van der Waals surface area (Å²) >= 11 is 13.5. The number of halogens is 2. The largest absolute Gasteiger partial charge is 0.497 e. The predicted molar refractivity (Wildman–Crippen MR) is 114 cm³/mol. The first-order valence-corrected chi connectivity index (χ1v) is 9.98. The van der Waals surface area contributed by atoms with E-state index in [2.05, 4.69) is 5.16 Å². The van der Waals surface area contributed by atoms with Gasteiger partial charge < -0.3 is 9.57 Å². The van der Waals surface area contributed by atoms with E-state index >= 15 is 0 Å². The zero-order chi connectivity index (χ0) is 19.5. The number of nitrogens with zero attached hydrogens (tertiary/aromatic N) is 3. The first-order valence-electron chi connectivity index (χ1n) is 8.35. The summed E-state index contributed by atoms with van der Waals surface area (Å²) in [7, 11) is 1.64. The summed E-state index contributed by atoms with van der Waals surface area (Å²) in [6.07, 6.45) is 3.63. The summed E-state index contributed by atoms with van der Waals surface area (Å²) in [5, 5.41) is 7.11. The number of thiazole rings is 1. The molecule has 0 radical (unpaired) electrons. The van der Waals surface area contributed by atoms with Gasteiger partial charge in [0.1, 0.15) is 12.4 Å². The molecule has 4 rings (SSSR count). The van der Waals surface area contributed by atoms with Crippen molar-refractivity contribution in [1.82, 2.24) is 9.38 Å². The van der Waals surface area contributed by atoms with Crippen LogP contribution in [0, 0.1) is 0 Å². The van der Waals surface area contributed by atoms with E-state index in [1.54, 1.807) is 36.8 Å². The van der Waals surface area contributed by atoms with Gasteiger partial charge in [-0.3, -0.25) is 4.40 Å². The van der Waals surface area contributed by atoms with Crippen LogP contribution in [-0.2, 0) is 11.4 Å². The molecule has 5 nitrogen and oxygen atoms in total. The molecule has 0 atom stereocenters.